The second-order valence-corrected chi connectivity index (χ2v) is 5.06. The number of aromatic nitrogens is 3. The van der Waals surface area contributed by atoms with Crippen LogP contribution in [0.2, 0.25) is 0 Å². The van der Waals surface area contributed by atoms with E-state index in [4.69, 9.17) is 4.52 Å². The Morgan fingerprint density at radius 3 is 2.76 bits per heavy atom. The van der Waals surface area contributed by atoms with E-state index >= 15 is 0 Å². The molecule has 0 bridgehead atoms. The molecule has 0 aliphatic carbocycles. The Morgan fingerprint density at radius 1 is 1.20 bits per heavy atom. The van der Waals surface area contributed by atoms with Gasteiger partial charge in [0.15, 0.2) is 5.70 Å². The zero-order chi connectivity index (χ0) is 17.8. The summed E-state index contributed by atoms with van der Waals surface area (Å²) >= 11 is 0. The number of benzene rings is 1. The SMILES string of the molecule is CN=N/C(=C(\C)c1cccnc1)c1nc(-c2cc(F)ccc2F)no1. The van der Waals surface area contributed by atoms with Crippen molar-refractivity contribution in [1.29, 1.82) is 0 Å². The van der Waals surface area contributed by atoms with Crippen molar-refractivity contribution >= 4 is 11.3 Å². The zero-order valence-electron chi connectivity index (χ0n) is 13.4. The van der Waals surface area contributed by atoms with E-state index in [0.29, 0.717) is 11.3 Å². The Labute approximate surface area is 141 Å². The molecule has 2 aromatic heterocycles. The fourth-order valence-corrected chi connectivity index (χ4v) is 2.20. The van der Waals surface area contributed by atoms with Crippen LogP contribution in [0.25, 0.3) is 22.7 Å². The van der Waals surface area contributed by atoms with Crippen LogP contribution in [-0.4, -0.2) is 22.2 Å². The molecule has 0 spiro atoms. The van der Waals surface area contributed by atoms with Crippen LogP contribution in [0.3, 0.4) is 0 Å². The van der Waals surface area contributed by atoms with Crippen molar-refractivity contribution in [3.8, 4) is 11.4 Å². The van der Waals surface area contributed by atoms with E-state index in [1.807, 2.05) is 6.07 Å². The lowest BCUT2D eigenvalue weighted by Crippen LogP contribution is -1.91. The van der Waals surface area contributed by atoms with Gasteiger partial charge in [-0.1, -0.05) is 11.2 Å². The van der Waals surface area contributed by atoms with Crippen molar-refractivity contribution < 1.29 is 13.3 Å². The fraction of sp³-hybridized carbons (Fsp3) is 0.118. The first-order valence-corrected chi connectivity index (χ1v) is 7.30. The number of rotatable bonds is 4. The molecule has 3 rings (SSSR count). The number of azo groups is 1. The summed E-state index contributed by atoms with van der Waals surface area (Å²) in [5.74, 6) is -1.28. The summed E-state index contributed by atoms with van der Waals surface area (Å²) < 4.78 is 32.4. The van der Waals surface area contributed by atoms with E-state index in [-0.39, 0.29) is 17.3 Å². The molecule has 0 radical (unpaired) electrons. The Kier molecular flexibility index (Phi) is 4.69. The van der Waals surface area contributed by atoms with Gasteiger partial charge in [-0.3, -0.25) is 4.98 Å². The van der Waals surface area contributed by atoms with E-state index in [1.54, 1.807) is 25.4 Å². The highest BCUT2D eigenvalue weighted by atomic mass is 19.1. The number of hydrogen-bond acceptors (Lipinski definition) is 6. The van der Waals surface area contributed by atoms with Crippen LogP contribution < -0.4 is 0 Å². The summed E-state index contributed by atoms with van der Waals surface area (Å²) in [7, 11) is 1.50. The van der Waals surface area contributed by atoms with E-state index in [2.05, 4.69) is 25.4 Å². The average molecular weight is 341 g/mol. The molecule has 0 unspecified atom stereocenters. The van der Waals surface area contributed by atoms with Crippen molar-refractivity contribution in [3.05, 3.63) is 65.8 Å². The molecule has 0 aliphatic heterocycles. The average Bonchev–Trinajstić information content (AvgIpc) is 3.11. The van der Waals surface area contributed by atoms with Gasteiger partial charge in [-0.2, -0.15) is 15.2 Å². The molecule has 6 nitrogen and oxygen atoms in total. The molecule has 0 saturated carbocycles. The van der Waals surface area contributed by atoms with Gasteiger partial charge < -0.3 is 4.52 Å². The topological polar surface area (TPSA) is 76.5 Å². The summed E-state index contributed by atoms with van der Waals surface area (Å²) in [6.07, 6.45) is 3.30. The van der Waals surface area contributed by atoms with Crippen LogP contribution in [0, 0.1) is 11.6 Å². The van der Waals surface area contributed by atoms with Crippen molar-refractivity contribution in [3.63, 3.8) is 0 Å². The van der Waals surface area contributed by atoms with Crippen molar-refractivity contribution in [1.82, 2.24) is 15.1 Å². The monoisotopic (exact) mass is 341 g/mol. The minimum Gasteiger partial charge on any atom is -0.332 e. The van der Waals surface area contributed by atoms with Gasteiger partial charge >= 0.3 is 0 Å². The quantitative estimate of drug-likeness (QED) is 0.660. The van der Waals surface area contributed by atoms with Gasteiger partial charge in [-0.05, 0) is 42.3 Å². The Balaban J connectivity index is 2.08. The fourth-order valence-electron chi connectivity index (χ4n) is 2.20. The summed E-state index contributed by atoms with van der Waals surface area (Å²) in [4.78, 5) is 8.18. The molecule has 0 aliphatic rings. The Morgan fingerprint density at radius 2 is 2.04 bits per heavy atom. The third kappa shape index (κ3) is 3.47. The standard InChI is InChI=1S/C17H13F2N5O/c1-10(11-4-3-7-21-9-11)15(23-20-2)17-22-16(24-25-17)13-8-12(18)5-6-14(13)19/h3-9H,1-2H3/b15-10+,23-20?. The first-order valence-electron chi connectivity index (χ1n) is 7.30. The largest absolute Gasteiger partial charge is 0.332 e. The van der Waals surface area contributed by atoms with E-state index in [9.17, 15) is 8.78 Å². The second kappa shape index (κ2) is 7.08. The molecular formula is C17H13F2N5O. The van der Waals surface area contributed by atoms with Gasteiger partial charge in [0, 0.05) is 19.4 Å². The van der Waals surface area contributed by atoms with Gasteiger partial charge in [0.25, 0.3) is 5.89 Å². The lowest BCUT2D eigenvalue weighted by molar-refractivity contribution is 0.407. The molecule has 0 N–H and O–H groups in total. The van der Waals surface area contributed by atoms with Gasteiger partial charge in [0.2, 0.25) is 5.82 Å². The zero-order valence-corrected chi connectivity index (χ0v) is 13.4. The highest BCUT2D eigenvalue weighted by molar-refractivity contribution is 5.86. The molecule has 8 heteroatoms. The number of hydrogen-bond donors (Lipinski definition) is 0. The Bertz CT molecular complexity index is 951. The molecule has 1 aromatic carbocycles. The molecule has 0 saturated heterocycles. The van der Waals surface area contributed by atoms with Gasteiger partial charge in [-0.25, -0.2) is 8.78 Å². The molecule has 2 heterocycles. The molecular weight excluding hydrogens is 328 g/mol. The minimum absolute atomic E-state index is 0.0469. The molecule has 0 fully saturated rings. The highest BCUT2D eigenvalue weighted by Gasteiger charge is 2.18. The van der Waals surface area contributed by atoms with E-state index < -0.39 is 11.6 Å². The van der Waals surface area contributed by atoms with Crippen LogP contribution in [0.15, 0.2) is 57.5 Å². The maximum Gasteiger partial charge on any atom is 0.279 e. The van der Waals surface area contributed by atoms with Crippen molar-refractivity contribution in [2.24, 2.45) is 10.2 Å². The lowest BCUT2D eigenvalue weighted by Gasteiger charge is -2.03. The first kappa shape index (κ1) is 16.6. The molecule has 0 atom stereocenters. The first-order chi connectivity index (χ1) is 12.1. The van der Waals surface area contributed by atoms with Crippen LogP contribution in [0.1, 0.15) is 18.4 Å². The van der Waals surface area contributed by atoms with Crippen LogP contribution in [0.5, 0.6) is 0 Å². The molecule has 0 amide bonds. The number of halogens is 2. The van der Waals surface area contributed by atoms with Gasteiger partial charge in [0.05, 0.1) is 5.56 Å². The number of pyridine rings is 1. The molecule has 126 valence electrons. The Hall–Kier alpha value is -3.29. The summed E-state index contributed by atoms with van der Waals surface area (Å²) in [6.45, 7) is 1.80. The molecule has 25 heavy (non-hydrogen) atoms. The summed E-state index contributed by atoms with van der Waals surface area (Å²) in [6, 6.07) is 6.65. The normalized spacial score (nSPS) is 12.5. The van der Waals surface area contributed by atoms with Crippen LogP contribution in [-0.2, 0) is 0 Å². The second-order valence-electron chi connectivity index (χ2n) is 5.06. The number of nitrogens with zero attached hydrogens (tertiary/aromatic N) is 5. The molecule has 3 aromatic rings. The van der Waals surface area contributed by atoms with E-state index in [1.165, 1.54) is 7.05 Å². The predicted molar refractivity (Wildman–Crippen MR) is 87.2 cm³/mol. The number of allylic oxidation sites excluding steroid dienone is 1. The third-order valence-electron chi connectivity index (χ3n) is 3.45. The lowest BCUT2D eigenvalue weighted by atomic mass is 10.1. The highest BCUT2D eigenvalue weighted by Crippen LogP contribution is 2.28. The third-order valence-corrected chi connectivity index (χ3v) is 3.45. The maximum absolute atomic E-state index is 13.9. The van der Waals surface area contributed by atoms with Gasteiger partial charge in [-0.15, -0.1) is 0 Å². The minimum atomic E-state index is -0.652. The predicted octanol–water partition coefficient (Wildman–Crippen LogP) is 4.38. The van der Waals surface area contributed by atoms with Crippen molar-refractivity contribution in [2.75, 3.05) is 7.05 Å². The van der Waals surface area contributed by atoms with Gasteiger partial charge in [0.1, 0.15) is 11.6 Å². The van der Waals surface area contributed by atoms with E-state index in [0.717, 1.165) is 23.8 Å². The van der Waals surface area contributed by atoms with Crippen molar-refractivity contribution in [2.45, 2.75) is 6.92 Å². The summed E-state index contributed by atoms with van der Waals surface area (Å²) in [5, 5.41) is 11.5. The van der Waals surface area contributed by atoms with Crippen LogP contribution >= 0.6 is 0 Å². The summed E-state index contributed by atoms with van der Waals surface area (Å²) in [5.41, 5.74) is 1.73. The smallest absolute Gasteiger partial charge is 0.279 e. The maximum atomic E-state index is 13.9. The van der Waals surface area contributed by atoms with Crippen LogP contribution in [0.4, 0.5) is 8.78 Å².